The molecule has 0 spiro atoms. The zero-order valence-corrected chi connectivity index (χ0v) is 14.1. The van der Waals surface area contributed by atoms with Crippen LogP contribution in [0, 0.1) is 5.82 Å². The molecule has 6 heteroatoms. The SMILES string of the molecule is O=C(Nc1ccccc1F)c1cc(-c2cncc3ccccc23)c[nH]c1=O. The zero-order chi connectivity index (χ0) is 18.8. The number of fused-ring (bicyclic) bond motifs is 1. The van der Waals surface area contributed by atoms with Crippen molar-refractivity contribution in [3.05, 3.63) is 94.9 Å². The summed E-state index contributed by atoms with van der Waals surface area (Å²) in [7, 11) is 0. The molecule has 0 unspecified atom stereocenters. The predicted octanol–water partition coefficient (Wildman–Crippen LogP) is 3.98. The molecule has 5 nitrogen and oxygen atoms in total. The number of hydrogen-bond acceptors (Lipinski definition) is 3. The number of aromatic amines is 1. The van der Waals surface area contributed by atoms with Crippen molar-refractivity contribution in [2.24, 2.45) is 0 Å². The Kier molecular flexibility index (Phi) is 4.22. The molecule has 0 bridgehead atoms. The number of nitrogens with one attached hydrogen (secondary N) is 2. The van der Waals surface area contributed by atoms with Gasteiger partial charge in [0.15, 0.2) is 0 Å². The third-order valence-electron chi connectivity index (χ3n) is 4.25. The molecule has 0 fully saturated rings. The molecular weight excluding hydrogens is 345 g/mol. The molecule has 2 N–H and O–H groups in total. The normalized spacial score (nSPS) is 10.7. The lowest BCUT2D eigenvalue weighted by molar-refractivity contribution is 0.102. The molecule has 0 aliphatic heterocycles. The molecule has 132 valence electrons. The fourth-order valence-electron chi connectivity index (χ4n) is 2.91. The van der Waals surface area contributed by atoms with E-state index in [2.05, 4.69) is 15.3 Å². The summed E-state index contributed by atoms with van der Waals surface area (Å²) in [5.74, 6) is -1.26. The number of hydrogen-bond donors (Lipinski definition) is 2. The van der Waals surface area contributed by atoms with Crippen molar-refractivity contribution in [1.82, 2.24) is 9.97 Å². The molecule has 1 amide bonds. The van der Waals surface area contributed by atoms with Crippen molar-refractivity contribution in [1.29, 1.82) is 0 Å². The van der Waals surface area contributed by atoms with Gasteiger partial charge in [0, 0.05) is 35.1 Å². The Morgan fingerprint density at radius 1 is 1.04 bits per heavy atom. The van der Waals surface area contributed by atoms with Gasteiger partial charge < -0.3 is 10.3 Å². The lowest BCUT2D eigenvalue weighted by Crippen LogP contribution is -2.23. The fraction of sp³-hybridized carbons (Fsp3) is 0. The number of halogens is 1. The summed E-state index contributed by atoms with van der Waals surface area (Å²) in [6.07, 6.45) is 4.95. The van der Waals surface area contributed by atoms with E-state index in [-0.39, 0.29) is 11.3 Å². The van der Waals surface area contributed by atoms with Crippen molar-refractivity contribution >= 4 is 22.4 Å². The second-order valence-electron chi connectivity index (χ2n) is 5.97. The summed E-state index contributed by atoms with van der Waals surface area (Å²) in [6.45, 7) is 0. The van der Waals surface area contributed by atoms with Crippen molar-refractivity contribution in [3.8, 4) is 11.1 Å². The second-order valence-corrected chi connectivity index (χ2v) is 5.97. The van der Waals surface area contributed by atoms with E-state index in [9.17, 15) is 14.0 Å². The van der Waals surface area contributed by atoms with Crippen molar-refractivity contribution in [2.75, 3.05) is 5.32 Å². The molecule has 27 heavy (non-hydrogen) atoms. The third-order valence-corrected chi connectivity index (χ3v) is 4.25. The lowest BCUT2D eigenvalue weighted by atomic mass is 10.0. The van der Waals surface area contributed by atoms with Gasteiger partial charge >= 0.3 is 0 Å². The lowest BCUT2D eigenvalue weighted by Gasteiger charge is -2.09. The summed E-state index contributed by atoms with van der Waals surface area (Å²) in [6, 6.07) is 15.0. The Labute approximate surface area is 153 Å². The summed E-state index contributed by atoms with van der Waals surface area (Å²) in [4.78, 5) is 31.5. The summed E-state index contributed by atoms with van der Waals surface area (Å²) in [5, 5.41) is 4.32. The average Bonchev–Trinajstić information content (AvgIpc) is 2.69. The van der Waals surface area contributed by atoms with Crippen LogP contribution >= 0.6 is 0 Å². The van der Waals surface area contributed by atoms with Gasteiger partial charge in [0.25, 0.3) is 11.5 Å². The number of rotatable bonds is 3. The smallest absolute Gasteiger partial charge is 0.261 e. The van der Waals surface area contributed by atoms with Gasteiger partial charge in [-0.05, 0) is 23.6 Å². The Hall–Kier alpha value is -3.80. The first-order valence-electron chi connectivity index (χ1n) is 8.25. The van der Waals surface area contributed by atoms with Crippen LogP contribution in [-0.4, -0.2) is 15.9 Å². The van der Waals surface area contributed by atoms with Crippen LogP contribution in [0.2, 0.25) is 0 Å². The average molecular weight is 359 g/mol. The molecule has 0 radical (unpaired) electrons. The monoisotopic (exact) mass is 359 g/mol. The van der Waals surface area contributed by atoms with Gasteiger partial charge in [0.05, 0.1) is 5.69 Å². The highest BCUT2D eigenvalue weighted by atomic mass is 19.1. The van der Waals surface area contributed by atoms with Crippen LogP contribution in [0.1, 0.15) is 10.4 Å². The molecule has 0 atom stereocenters. The number of amides is 1. The highest BCUT2D eigenvalue weighted by Gasteiger charge is 2.15. The van der Waals surface area contributed by atoms with E-state index in [4.69, 9.17) is 0 Å². The number of carbonyl (C=O) groups excluding carboxylic acids is 1. The van der Waals surface area contributed by atoms with Gasteiger partial charge in [0.1, 0.15) is 11.4 Å². The molecule has 4 rings (SSSR count). The zero-order valence-electron chi connectivity index (χ0n) is 14.1. The quantitative estimate of drug-likeness (QED) is 0.581. The Morgan fingerprint density at radius 3 is 2.67 bits per heavy atom. The van der Waals surface area contributed by atoms with Gasteiger partial charge in [-0.2, -0.15) is 0 Å². The summed E-state index contributed by atoms with van der Waals surface area (Å²) in [5.41, 5.74) is 0.769. The number of benzene rings is 2. The van der Waals surface area contributed by atoms with Crippen LogP contribution in [0.25, 0.3) is 21.9 Å². The Bertz CT molecular complexity index is 1210. The topological polar surface area (TPSA) is 74.8 Å². The number of anilines is 1. The number of nitrogens with zero attached hydrogens (tertiary/aromatic N) is 1. The number of carbonyl (C=O) groups is 1. The van der Waals surface area contributed by atoms with Crippen LogP contribution in [-0.2, 0) is 0 Å². The van der Waals surface area contributed by atoms with Crippen LogP contribution in [0.3, 0.4) is 0 Å². The minimum absolute atomic E-state index is 0.0131. The molecule has 2 aromatic heterocycles. The van der Waals surface area contributed by atoms with E-state index < -0.39 is 17.3 Å². The molecule has 0 saturated heterocycles. The largest absolute Gasteiger partial charge is 0.328 e. The maximum Gasteiger partial charge on any atom is 0.261 e. The van der Waals surface area contributed by atoms with Crippen LogP contribution < -0.4 is 10.9 Å². The van der Waals surface area contributed by atoms with Crippen LogP contribution in [0.4, 0.5) is 10.1 Å². The molecule has 0 aliphatic carbocycles. The molecule has 0 saturated carbocycles. The first-order valence-corrected chi connectivity index (χ1v) is 8.25. The fourth-order valence-corrected chi connectivity index (χ4v) is 2.91. The molecule has 4 aromatic rings. The highest BCUT2D eigenvalue weighted by molar-refractivity contribution is 6.05. The maximum absolute atomic E-state index is 13.8. The van der Waals surface area contributed by atoms with Gasteiger partial charge in [-0.3, -0.25) is 14.6 Å². The molecule has 2 heterocycles. The van der Waals surface area contributed by atoms with E-state index in [1.165, 1.54) is 30.5 Å². The Morgan fingerprint density at radius 2 is 1.81 bits per heavy atom. The van der Waals surface area contributed by atoms with Gasteiger partial charge in [-0.15, -0.1) is 0 Å². The minimum Gasteiger partial charge on any atom is -0.328 e. The minimum atomic E-state index is -0.684. The molecule has 0 aliphatic rings. The van der Waals surface area contributed by atoms with E-state index in [0.29, 0.717) is 5.56 Å². The van der Waals surface area contributed by atoms with E-state index in [0.717, 1.165) is 16.3 Å². The first kappa shape index (κ1) is 16.7. The van der Waals surface area contributed by atoms with Crippen LogP contribution in [0.5, 0.6) is 0 Å². The van der Waals surface area contributed by atoms with Crippen molar-refractivity contribution < 1.29 is 9.18 Å². The number of H-pyrrole nitrogens is 1. The number of aromatic nitrogens is 2. The third kappa shape index (κ3) is 3.20. The van der Waals surface area contributed by atoms with Crippen molar-refractivity contribution in [2.45, 2.75) is 0 Å². The standard InChI is InChI=1S/C21H14FN3O2/c22-18-7-3-4-8-19(18)25-21(27)16-9-14(11-24-20(16)26)17-12-23-10-13-5-1-2-6-15(13)17/h1-12H,(H,24,26)(H,25,27). The number of para-hydroxylation sites is 1. The highest BCUT2D eigenvalue weighted by Crippen LogP contribution is 2.27. The van der Waals surface area contributed by atoms with E-state index >= 15 is 0 Å². The second kappa shape index (κ2) is 6.84. The maximum atomic E-state index is 13.8. The van der Waals surface area contributed by atoms with E-state index in [1.807, 2.05) is 24.3 Å². The van der Waals surface area contributed by atoms with Gasteiger partial charge in [-0.1, -0.05) is 36.4 Å². The predicted molar refractivity (Wildman–Crippen MR) is 102 cm³/mol. The Balaban J connectivity index is 1.77. The van der Waals surface area contributed by atoms with Crippen LogP contribution in [0.15, 0.2) is 78.0 Å². The van der Waals surface area contributed by atoms with Crippen molar-refractivity contribution in [3.63, 3.8) is 0 Å². The molecular formula is C21H14FN3O2. The summed E-state index contributed by atoms with van der Waals surface area (Å²) >= 11 is 0. The summed E-state index contributed by atoms with van der Waals surface area (Å²) < 4.78 is 13.8. The van der Waals surface area contributed by atoms with Gasteiger partial charge in [-0.25, -0.2) is 4.39 Å². The van der Waals surface area contributed by atoms with Gasteiger partial charge in [0.2, 0.25) is 0 Å². The first-order chi connectivity index (χ1) is 13.1. The number of pyridine rings is 2. The van der Waals surface area contributed by atoms with E-state index in [1.54, 1.807) is 18.5 Å². The molecule has 2 aromatic carbocycles.